The second kappa shape index (κ2) is 7.34. The van der Waals surface area contributed by atoms with Gasteiger partial charge in [0, 0.05) is 18.0 Å². The molecular weight excluding hydrogens is 266 g/mol. The van der Waals surface area contributed by atoms with E-state index in [1.807, 2.05) is 19.1 Å². The van der Waals surface area contributed by atoms with Crippen LogP contribution in [0.1, 0.15) is 36.8 Å². The van der Waals surface area contributed by atoms with E-state index in [-0.39, 0.29) is 11.8 Å². The van der Waals surface area contributed by atoms with Crippen molar-refractivity contribution in [3.8, 4) is 11.5 Å². The van der Waals surface area contributed by atoms with E-state index in [1.54, 1.807) is 14.2 Å². The molecule has 1 amide bonds. The molecular formula is C17H25NO3. The van der Waals surface area contributed by atoms with Crippen LogP contribution in [0.4, 0.5) is 0 Å². The second-order valence-corrected chi connectivity index (χ2v) is 5.61. The van der Waals surface area contributed by atoms with Gasteiger partial charge in [0.05, 0.1) is 14.2 Å². The molecule has 2 rings (SSSR count). The highest BCUT2D eigenvalue weighted by molar-refractivity contribution is 5.78. The smallest absolute Gasteiger partial charge is 0.223 e. The van der Waals surface area contributed by atoms with E-state index in [2.05, 4.69) is 5.32 Å². The summed E-state index contributed by atoms with van der Waals surface area (Å²) in [5, 5.41) is 3.05. The van der Waals surface area contributed by atoms with E-state index in [4.69, 9.17) is 9.47 Å². The van der Waals surface area contributed by atoms with Crippen LogP contribution in [-0.2, 0) is 11.2 Å². The Balaban J connectivity index is 1.93. The normalized spacial score (nSPS) is 15.0. The first kappa shape index (κ1) is 15.7. The summed E-state index contributed by atoms with van der Waals surface area (Å²) in [7, 11) is 3.33. The molecule has 1 fully saturated rings. The van der Waals surface area contributed by atoms with E-state index in [9.17, 15) is 4.79 Å². The van der Waals surface area contributed by atoms with Crippen molar-refractivity contribution in [2.45, 2.75) is 39.0 Å². The number of amides is 1. The number of hydrogen-bond donors (Lipinski definition) is 1. The molecule has 1 aromatic carbocycles. The Bertz CT molecular complexity index is 493. The van der Waals surface area contributed by atoms with Gasteiger partial charge in [-0.2, -0.15) is 0 Å². The zero-order valence-corrected chi connectivity index (χ0v) is 13.2. The highest BCUT2D eigenvalue weighted by Gasteiger charge is 2.22. The topological polar surface area (TPSA) is 47.6 Å². The summed E-state index contributed by atoms with van der Waals surface area (Å²) in [5.41, 5.74) is 2.10. The van der Waals surface area contributed by atoms with Crippen molar-refractivity contribution in [2.75, 3.05) is 20.8 Å². The number of nitrogens with one attached hydrogen (secondary N) is 1. The predicted molar refractivity (Wildman–Crippen MR) is 83.0 cm³/mol. The number of methoxy groups -OCH3 is 2. The van der Waals surface area contributed by atoms with Crippen molar-refractivity contribution in [1.29, 1.82) is 0 Å². The minimum Gasteiger partial charge on any atom is -0.496 e. The van der Waals surface area contributed by atoms with Gasteiger partial charge in [0.1, 0.15) is 11.5 Å². The maximum absolute atomic E-state index is 12.0. The van der Waals surface area contributed by atoms with Crippen molar-refractivity contribution in [2.24, 2.45) is 5.92 Å². The predicted octanol–water partition coefficient (Wildman–Crippen LogP) is 2.86. The first-order valence-electron chi connectivity index (χ1n) is 7.65. The Hall–Kier alpha value is -1.71. The summed E-state index contributed by atoms with van der Waals surface area (Å²) in [5.74, 6) is 2.11. The Morgan fingerprint density at radius 2 is 1.95 bits per heavy atom. The third-order valence-corrected chi connectivity index (χ3v) is 4.28. The number of ether oxygens (including phenoxy) is 2. The van der Waals surface area contributed by atoms with E-state index < -0.39 is 0 Å². The molecule has 0 radical (unpaired) electrons. The fourth-order valence-corrected chi connectivity index (χ4v) is 3.08. The van der Waals surface area contributed by atoms with E-state index in [0.29, 0.717) is 6.54 Å². The highest BCUT2D eigenvalue weighted by atomic mass is 16.5. The lowest BCUT2D eigenvalue weighted by molar-refractivity contribution is -0.124. The average molecular weight is 291 g/mol. The van der Waals surface area contributed by atoms with Crippen LogP contribution >= 0.6 is 0 Å². The molecule has 116 valence electrons. The van der Waals surface area contributed by atoms with Crippen LogP contribution in [0.15, 0.2) is 12.1 Å². The minimum absolute atomic E-state index is 0.205. The summed E-state index contributed by atoms with van der Waals surface area (Å²) in [6.07, 6.45) is 5.22. The van der Waals surface area contributed by atoms with Crippen molar-refractivity contribution in [1.82, 2.24) is 5.32 Å². The lowest BCUT2D eigenvalue weighted by Crippen LogP contribution is -2.31. The minimum atomic E-state index is 0.205. The van der Waals surface area contributed by atoms with Gasteiger partial charge in [0.25, 0.3) is 0 Å². The number of carbonyl (C=O) groups is 1. The molecule has 0 bridgehead atoms. The largest absolute Gasteiger partial charge is 0.496 e. The van der Waals surface area contributed by atoms with E-state index >= 15 is 0 Å². The van der Waals surface area contributed by atoms with Crippen molar-refractivity contribution >= 4 is 5.91 Å². The molecule has 1 aliphatic rings. The van der Waals surface area contributed by atoms with Crippen LogP contribution < -0.4 is 14.8 Å². The number of hydrogen-bond acceptors (Lipinski definition) is 3. The zero-order valence-electron chi connectivity index (χ0n) is 13.2. The van der Waals surface area contributed by atoms with Gasteiger partial charge in [-0.15, -0.1) is 0 Å². The van der Waals surface area contributed by atoms with Crippen LogP contribution in [0.3, 0.4) is 0 Å². The summed E-state index contributed by atoms with van der Waals surface area (Å²) in [6, 6.07) is 3.96. The van der Waals surface area contributed by atoms with Crippen LogP contribution in [0, 0.1) is 12.8 Å². The van der Waals surface area contributed by atoms with Crippen LogP contribution in [-0.4, -0.2) is 26.7 Å². The standard InChI is InChI=1S/C17H25NO3/c1-12-15(20-2)9-8-13(16(12)21-3)10-11-18-17(19)14-6-4-5-7-14/h8-9,14H,4-7,10-11H2,1-3H3,(H,18,19). The molecule has 1 aromatic rings. The van der Waals surface area contributed by atoms with Crippen molar-refractivity contribution in [3.05, 3.63) is 23.3 Å². The van der Waals surface area contributed by atoms with Gasteiger partial charge in [-0.3, -0.25) is 4.79 Å². The molecule has 4 heteroatoms. The fraction of sp³-hybridized carbons (Fsp3) is 0.588. The van der Waals surface area contributed by atoms with Crippen molar-refractivity contribution < 1.29 is 14.3 Å². The molecule has 0 saturated heterocycles. The molecule has 1 saturated carbocycles. The molecule has 0 aromatic heterocycles. The average Bonchev–Trinajstić information content (AvgIpc) is 3.02. The maximum atomic E-state index is 12.0. The summed E-state index contributed by atoms with van der Waals surface area (Å²) in [6.45, 7) is 2.63. The first-order valence-corrected chi connectivity index (χ1v) is 7.65. The Kier molecular flexibility index (Phi) is 5.48. The Morgan fingerprint density at radius 1 is 1.24 bits per heavy atom. The molecule has 4 nitrogen and oxygen atoms in total. The SMILES string of the molecule is COc1ccc(CCNC(=O)C2CCCC2)c(OC)c1C. The van der Waals surface area contributed by atoms with Gasteiger partial charge >= 0.3 is 0 Å². The molecule has 0 heterocycles. The second-order valence-electron chi connectivity index (χ2n) is 5.61. The maximum Gasteiger partial charge on any atom is 0.223 e. The molecule has 1 N–H and O–H groups in total. The van der Waals surface area contributed by atoms with Gasteiger partial charge in [-0.05, 0) is 37.8 Å². The fourth-order valence-electron chi connectivity index (χ4n) is 3.08. The van der Waals surface area contributed by atoms with E-state index in [1.165, 1.54) is 12.8 Å². The van der Waals surface area contributed by atoms with Gasteiger partial charge in [0.2, 0.25) is 5.91 Å². The Morgan fingerprint density at radius 3 is 2.57 bits per heavy atom. The van der Waals surface area contributed by atoms with Crippen molar-refractivity contribution in [3.63, 3.8) is 0 Å². The molecule has 0 aliphatic heterocycles. The number of benzene rings is 1. The molecule has 0 atom stereocenters. The summed E-state index contributed by atoms with van der Waals surface area (Å²) >= 11 is 0. The van der Waals surface area contributed by atoms with Crippen LogP contribution in [0.25, 0.3) is 0 Å². The van der Waals surface area contributed by atoms with Gasteiger partial charge < -0.3 is 14.8 Å². The first-order chi connectivity index (χ1) is 10.2. The number of carbonyl (C=O) groups excluding carboxylic acids is 1. The quantitative estimate of drug-likeness (QED) is 0.876. The van der Waals surface area contributed by atoms with Gasteiger partial charge in [0.15, 0.2) is 0 Å². The molecule has 0 spiro atoms. The summed E-state index contributed by atoms with van der Waals surface area (Å²) in [4.78, 5) is 12.0. The summed E-state index contributed by atoms with van der Waals surface area (Å²) < 4.78 is 10.8. The molecule has 21 heavy (non-hydrogen) atoms. The lowest BCUT2D eigenvalue weighted by atomic mass is 10.0. The third kappa shape index (κ3) is 3.69. The Labute approximate surface area is 126 Å². The molecule has 1 aliphatic carbocycles. The van der Waals surface area contributed by atoms with Crippen LogP contribution in [0.2, 0.25) is 0 Å². The van der Waals surface area contributed by atoms with Crippen LogP contribution in [0.5, 0.6) is 11.5 Å². The molecule has 0 unspecified atom stereocenters. The monoisotopic (exact) mass is 291 g/mol. The zero-order chi connectivity index (χ0) is 15.2. The third-order valence-electron chi connectivity index (χ3n) is 4.28. The van der Waals surface area contributed by atoms with Gasteiger partial charge in [-0.1, -0.05) is 18.9 Å². The van der Waals surface area contributed by atoms with E-state index in [0.717, 1.165) is 41.9 Å². The highest BCUT2D eigenvalue weighted by Crippen LogP contribution is 2.31. The lowest BCUT2D eigenvalue weighted by Gasteiger charge is -2.15. The van der Waals surface area contributed by atoms with Gasteiger partial charge in [-0.25, -0.2) is 0 Å². The number of rotatable bonds is 6.